The van der Waals surface area contributed by atoms with Crippen molar-refractivity contribution in [2.45, 2.75) is 32.4 Å². The molecule has 0 unspecified atom stereocenters. The standard InChI is InChI=1S/C18H18N2O6/c1-18(2)17-19-12(15(22)23)13(14(21)20(17)9-6-10-25-18)26-16(24)11-7-4-3-5-8-11/h3-5,7-8H,6,9-10H2,1-2H3,(H,22,23). The number of aromatic carboxylic acids is 1. The Kier molecular flexibility index (Phi) is 4.60. The van der Waals surface area contributed by atoms with Crippen molar-refractivity contribution in [1.29, 1.82) is 0 Å². The molecule has 1 aromatic carbocycles. The normalized spacial score (nSPS) is 15.6. The van der Waals surface area contributed by atoms with Crippen LogP contribution >= 0.6 is 0 Å². The van der Waals surface area contributed by atoms with E-state index in [9.17, 15) is 19.5 Å². The molecule has 1 aliphatic rings. The second-order valence-corrected chi connectivity index (χ2v) is 6.34. The number of rotatable bonds is 3. The summed E-state index contributed by atoms with van der Waals surface area (Å²) in [6, 6.07) is 8.01. The third-order valence-electron chi connectivity index (χ3n) is 4.06. The predicted molar refractivity (Wildman–Crippen MR) is 90.5 cm³/mol. The largest absolute Gasteiger partial charge is 0.476 e. The number of esters is 1. The molecule has 26 heavy (non-hydrogen) atoms. The van der Waals surface area contributed by atoms with Gasteiger partial charge in [0.05, 0.1) is 5.56 Å². The van der Waals surface area contributed by atoms with Crippen molar-refractivity contribution in [1.82, 2.24) is 9.55 Å². The van der Waals surface area contributed by atoms with E-state index in [1.807, 2.05) is 0 Å². The van der Waals surface area contributed by atoms with Gasteiger partial charge in [-0.25, -0.2) is 14.6 Å². The molecule has 0 saturated heterocycles. The van der Waals surface area contributed by atoms with Gasteiger partial charge in [-0.15, -0.1) is 0 Å². The van der Waals surface area contributed by atoms with Gasteiger partial charge in [0.15, 0.2) is 5.69 Å². The van der Waals surface area contributed by atoms with Gasteiger partial charge in [0, 0.05) is 13.2 Å². The highest BCUT2D eigenvalue weighted by Gasteiger charge is 2.34. The van der Waals surface area contributed by atoms with Gasteiger partial charge < -0.3 is 14.6 Å². The van der Waals surface area contributed by atoms with Crippen LogP contribution in [0.5, 0.6) is 5.75 Å². The third-order valence-corrected chi connectivity index (χ3v) is 4.06. The summed E-state index contributed by atoms with van der Waals surface area (Å²) < 4.78 is 12.1. The molecular weight excluding hydrogens is 340 g/mol. The minimum absolute atomic E-state index is 0.192. The van der Waals surface area contributed by atoms with Crippen molar-refractivity contribution in [2.75, 3.05) is 6.61 Å². The van der Waals surface area contributed by atoms with Gasteiger partial charge in [0.1, 0.15) is 11.4 Å². The zero-order valence-corrected chi connectivity index (χ0v) is 14.4. The average molecular weight is 358 g/mol. The lowest BCUT2D eigenvalue weighted by atomic mass is 10.1. The third kappa shape index (κ3) is 3.23. The minimum atomic E-state index is -1.46. The SMILES string of the molecule is CC1(C)OCCCn2c1nc(C(=O)O)c(OC(=O)c1ccccc1)c2=O. The summed E-state index contributed by atoms with van der Waals surface area (Å²) in [7, 11) is 0. The molecule has 0 amide bonds. The molecule has 0 atom stereocenters. The summed E-state index contributed by atoms with van der Waals surface area (Å²) in [4.78, 5) is 40.9. The number of aromatic nitrogens is 2. The predicted octanol–water partition coefficient (Wildman–Crippen LogP) is 1.82. The maximum atomic E-state index is 12.9. The number of carboxylic acid groups (broad SMARTS) is 1. The Balaban J connectivity index is 2.13. The fourth-order valence-electron chi connectivity index (χ4n) is 2.78. The zero-order chi connectivity index (χ0) is 18.9. The van der Waals surface area contributed by atoms with Gasteiger partial charge in [-0.3, -0.25) is 9.36 Å². The summed E-state index contributed by atoms with van der Waals surface area (Å²) in [5.41, 5.74) is -2.06. The van der Waals surface area contributed by atoms with E-state index in [0.29, 0.717) is 19.6 Å². The fraction of sp³-hybridized carbons (Fsp3) is 0.333. The van der Waals surface area contributed by atoms with Crippen LogP contribution in [0.4, 0.5) is 0 Å². The first-order valence-electron chi connectivity index (χ1n) is 8.11. The Morgan fingerprint density at radius 2 is 1.96 bits per heavy atom. The molecule has 8 heteroatoms. The summed E-state index contributed by atoms with van der Waals surface area (Å²) in [6.45, 7) is 4.10. The summed E-state index contributed by atoms with van der Waals surface area (Å²) in [6.07, 6.45) is 0.552. The van der Waals surface area contributed by atoms with Gasteiger partial charge in [-0.1, -0.05) is 18.2 Å². The van der Waals surface area contributed by atoms with E-state index >= 15 is 0 Å². The van der Waals surface area contributed by atoms with Crippen LogP contribution in [0.15, 0.2) is 35.1 Å². The van der Waals surface area contributed by atoms with Gasteiger partial charge >= 0.3 is 11.9 Å². The molecule has 0 saturated carbocycles. The van der Waals surface area contributed by atoms with E-state index in [-0.39, 0.29) is 11.4 Å². The van der Waals surface area contributed by atoms with Crippen LogP contribution in [0, 0.1) is 0 Å². The Morgan fingerprint density at radius 3 is 2.62 bits per heavy atom. The number of hydrogen-bond donors (Lipinski definition) is 1. The van der Waals surface area contributed by atoms with Crippen molar-refractivity contribution in [3.8, 4) is 5.75 Å². The molecule has 0 fully saturated rings. The molecule has 0 spiro atoms. The molecule has 1 aromatic heterocycles. The maximum Gasteiger partial charge on any atom is 0.358 e. The number of carbonyl (C=O) groups excluding carboxylic acids is 1. The summed E-state index contributed by atoms with van der Waals surface area (Å²) in [5, 5.41) is 9.47. The van der Waals surface area contributed by atoms with E-state index in [1.165, 1.54) is 16.7 Å². The van der Waals surface area contributed by atoms with Crippen molar-refractivity contribution >= 4 is 11.9 Å². The van der Waals surface area contributed by atoms with E-state index in [0.717, 1.165) is 0 Å². The molecule has 0 radical (unpaired) electrons. The molecule has 8 nitrogen and oxygen atoms in total. The van der Waals surface area contributed by atoms with E-state index in [4.69, 9.17) is 9.47 Å². The van der Waals surface area contributed by atoms with Crippen molar-refractivity contribution in [3.63, 3.8) is 0 Å². The first-order chi connectivity index (χ1) is 12.3. The van der Waals surface area contributed by atoms with Crippen LogP contribution in [0.3, 0.4) is 0 Å². The Labute approximate surface area is 149 Å². The highest BCUT2D eigenvalue weighted by molar-refractivity contribution is 5.94. The first kappa shape index (κ1) is 17.8. The molecule has 1 N–H and O–H groups in total. The van der Waals surface area contributed by atoms with E-state index in [2.05, 4.69) is 4.98 Å². The van der Waals surface area contributed by atoms with Crippen LogP contribution < -0.4 is 10.3 Å². The number of carbonyl (C=O) groups is 2. The monoisotopic (exact) mass is 358 g/mol. The van der Waals surface area contributed by atoms with Crippen LogP contribution in [-0.4, -0.2) is 33.2 Å². The van der Waals surface area contributed by atoms with Gasteiger partial charge in [-0.05, 0) is 32.4 Å². The molecule has 3 rings (SSSR count). The molecular formula is C18H18N2O6. The zero-order valence-electron chi connectivity index (χ0n) is 14.4. The second kappa shape index (κ2) is 6.72. The van der Waals surface area contributed by atoms with Crippen LogP contribution in [0.1, 0.15) is 46.9 Å². The number of nitrogens with zero attached hydrogens (tertiary/aromatic N) is 2. The Morgan fingerprint density at radius 1 is 1.27 bits per heavy atom. The molecule has 2 heterocycles. The highest BCUT2D eigenvalue weighted by Crippen LogP contribution is 2.27. The quantitative estimate of drug-likeness (QED) is 0.834. The van der Waals surface area contributed by atoms with Crippen LogP contribution in [0.25, 0.3) is 0 Å². The van der Waals surface area contributed by atoms with E-state index in [1.54, 1.807) is 32.0 Å². The number of hydrogen-bond acceptors (Lipinski definition) is 6. The average Bonchev–Trinajstić information content (AvgIpc) is 2.76. The molecule has 1 aliphatic heterocycles. The molecule has 0 bridgehead atoms. The molecule has 136 valence electrons. The lowest BCUT2D eigenvalue weighted by Gasteiger charge is -2.25. The number of carboxylic acids is 1. The maximum absolute atomic E-state index is 12.9. The Bertz CT molecular complexity index is 917. The smallest absolute Gasteiger partial charge is 0.358 e. The molecule has 2 aromatic rings. The lowest BCUT2D eigenvalue weighted by molar-refractivity contribution is -0.0227. The van der Waals surface area contributed by atoms with Crippen molar-refractivity contribution in [2.24, 2.45) is 0 Å². The lowest BCUT2D eigenvalue weighted by Crippen LogP contribution is -2.35. The highest BCUT2D eigenvalue weighted by atomic mass is 16.5. The van der Waals surface area contributed by atoms with Gasteiger partial charge in [-0.2, -0.15) is 0 Å². The van der Waals surface area contributed by atoms with E-state index < -0.39 is 34.5 Å². The number of fused-ring (bicyclic) bond motifs is 1. The number of benzene rings is 1. The second-order valence-electron chi connectivity index (χ2n) is 6.34. The van der Waals surface area contributed by atoms with Gasteiger partial charge in [0.2, 0.25) is 5.75 Å². The topological polar surface area (TPSA) is 108 Å². The van der Waals surface area contributed by atoms with Gasteiger partial charge in [0.25, 0.3) is 5.56 Å². The molecule has 0 aliphatic carbocycles. The summed E-state index contributed by atoms with van der Waals surface area (Å²) >= 11 is 0. The van der Waals surface area contributed by atoms with Crippen LogP contribution in [0.2, 0.25) is 0 Å². The Hall–Kier alpha value is -3.00. The minimum Gasteiger partial charge on any atom is -0.476 e. The fourth-order valence-corrected chi connectivity index (χ4v) is 2.78. The van der Waals surface area contributed by atoms with Crippen LogP contribution in [-0.2, 0) is 16.9 Å². The number of ether oxygens (including phenoxy) is 2. The summed E-state index contributed by atoms with van der Waals surface area (Å²) in [5.74, 6) is -2.68. The van der Waals surface area contributed by atoms with Crippen molar-refractivity contribution < 1.29 is 24.2 Å². The first-order valence-corrected chi connectivity index (χ1v) is 8.11. The van der Waals surface area contributed by atoms with Crippen molar-refractivity contribution in [3.05, 3.63) is 57.8 Å².